The summed E-state index contributed by atoms with van der Waals surface area (Å²) < 4.78 is 13.6. The van der Waals surface area contributed by atoms with Gasteiger partial charge in [0.2, 0.25) is 0 Å². The van der Waals surface area contributed by atoms with Crippen LogP contribution in [0.3, 0.4) is 0 Å². The zero-order chi connectivity index (χ0) is 22.8. The summed E-state index contributed by atoms with van der Waals surface area (Å²) in [5.74, 6) is -0.452. The number of aromatic nitrogens is 3. The Hall–Kier alpha value is -4.14. The first-order chi connectivity index (χ1) is 15.4. The second-order valence-corrected chi connectivity index (χ2v) is 7.52. The Bertz CT molecular complexity index is 1300. The highest BCUT2D eigenvalue weighted by atomic mass is 19.1. The number of H-pyrrole nitrogens is 2. The van der Waals surface area contributed by atoms with E-state index in [1.54, 1.807) is 35.5 Å². The Balaban J connectivity index is 0.000000775. The van der Waals surface area contributed by atoms with Crippen LogP contribution < -0.4 is 0 Å². The van der Waals surface area contributed by atoms with Crippen LogP contribution in [0.2, 0.25) is 0 Å². The molecule has 2 aromatic heterocycles. The molecule has 0 fully saturated rings. The van der Waals surface area contributed by atoms with Gasteiger partial charge in [0.1, 0.15) is 17.3 Å². The van der Waals surface area contributed by atoms with Gasteiger partial charge in [-0.3, -0.25) is 9.59 Å². The molecule has 4 N–H and O–H groups in total. The highest BCUT2D eigenvalue weighted by Gasteiger charge is 2.33. The van der Waals surface area contributed by atoms with E-state index in [9.17, 15) is 14.3 Å². The number of rotatable bonds is 2. The van der Waals surface area contributed by atoms with Gasteiger partial charge in [0.05, 0.1) is 24.3 Å². The van der Waals surface area contributed by atoms with Crippen LogP contribution in [-0.2, 0) is 11.3 Å². The van der Waals surface area contributed by atoms with E-state index < -0.39 is 0 Å². The number of fused-ring (bicyclic) bond motifs is 2. The zero-order valence-corrected chi connectivity index (χ0v) is 17.2. The lowest BCUT2D eigenvalue weighted by Crippen LogP contribution is -2.39. The number of benzene rings is 2. The van der Waals surface area contributed by atoms with Gasteiger partial charge in [0.25, 0.3) is 12.4 Å². The lowest BCUT2D eigenvalue weighted by atomic mass is 9.90. The molecule has 1 unspecified atom stereocenters. The number of hydrogen-bond acceptors (Lipinski definition) is 4. The van der Waals surface area contributed by atoms with Gasteiger partial charge in [-0.15, -0.1) is 0 Å². The van der Waals surface area contributed by atoms with Gasteiger partial charge < -0.3 is 25.1 Å². The van der Waals surface area contributed by atoms with Crippen molar-refractivity contribution >= 4 is 23.3 Å². The largest absolute Gasteiger partial charge is 0.508 e. The number of aromatic amines is 2. The van der Waals surface area contributed by atoms with Crippen LogP contribution in [0.4, 0.5) is 4.39 Å². The monoisotopic (exact) mass is 436 g/mol. The number of carbonyl (C=O) groups excluding carboxylic acids is 1. The molecule has 0 spiro atoms. The number of nitrogens with zero attached hydrogens (tertiary/aromatic N) is 2. The highest BCUT2D eigenvalue weighted by molar-refractivity contribution is 6.01. The van der Waals surface area contributed by atoms with Crippen LogP contribution in [0.5, 0.6) is 5.75 Å². The normalized spacial score (nSPS) is 15.1. The average Bonchev–Trinajstić information content (AvgIpc) is 3.38. The molecule has 1 aliphatic rings. The van der Waals surface area contributed by atoms with Crippen molar-refractivity contribution in [3.8, 4) is 5.75 Å². The van der Waals surface area contributed by atoms with Gasteiger partial charge >= 0.3 is 0 Å². The molecule has 0 bridgehead atoms. The summed E-state index contributed by atoms with van der Waals surface area (Å²) in [6.45, 7) is 2.42. The van der Waals surface area contributed by atoms with Gasteiger partial charge in [-0.05, 0) is 48.4 Å². The minimum Gasteiger partial charge on any atom is -0.508 e. The summed E-state index contributed by atoms with van der Waals surface area (Å²) in [6, 6.07) is 11.5. The first-order valence-corrected chi connectivity index (χ1v) is 9.89. The standard InChI is InChI=1S/C22H19FN4O2.CH2O2/c1-12-16-8-14(23)5-6-18(16)26-20(12)22(29)27-9-17(13-3-2-4-15(28)7-13)21-19(10-27)24-11-25-21;2-1-3/h2-8,11,17,26,28H,9-10H2,1H3,(H,24,25);1H,(H,2,3). The Labute approximate surface area is 182 Å². The number of halogens is 1. The number of aryl methyl sites for hydroxylation is 1. The van der Waals surface area contributed by atoms with E-state index in [2.05, 4.69) is 15.0 Å². The van der Waals surface area contributed by atoms with Gasteiger partial charge in [-0.1, -0.05) is 12.1 Å². The molecule has 0 saturated carbocycles. The number of nitrogens with one attached hydrogen (secondary N) is 2. The SMILES string of the molecule is Cc1c(C(=O)N2Cc3[nH]cnc3C(c3cccc(O)c3)C2)[nH]c2ccc(F)cc12.O=CO. The van der Waals surface area contributed by atoms with Gasteiger partial charge in [0, 0.05) is 23.4 Å². The molecule has 5 rings (SSSR count). The zero-order valence-electron chi connectivity index (χ0n) is 17.2. The predicted octanol–water partition coefficient (Wildman–Crippen LogP) is 3.53. The number of imidazole rings is 1. The Morgan fingerprint density at radius 1 is 1.28 bits per heavy atom. The summed E-state index contributed by atoms with van der Waals surface area (Å²) in [6.07, 6.45) is 1.63. The molecule has 8 nitrogen and oxygen atoms in total. The summed E-state index contributed by atoms with van der Waals surface area (Å²) in [5, 5.41) is 17.5. The minimum absolute atomic E-state index is 0.149. The summed E-state index contributed by atoms with van der Waals surface area (Å²) >= 11 is 0. The number of hydrogen-bond donors (Lipinski definition) is 4. The fourth-order valence-electron chi connectivity index (χ4n) is 4.15. The van der Waals surface area contributed by atoms with E-state index in [1.165, 1.54) is 12.1 Å². The van der Waals surface area contributed by atoms with E-state index in [1.807, 2.05) is 13.0 Å². The van der Waals surface area contributed by atoms with E-state index in [0.717, 1.165) is 28.0 Å². The van der Waals surface area contributed by atoms with Crippen molar-refractivity contribution in [3.63, 3.8) is 0 Å². The summed E-state index contributed by atoms with van der Waals surface area (Å²) in [5.41, 5.74) is 4.58. The molecule has 0 aliphatic carbocycles. The number of amides is 1. The highest BCUT2D eigenvalue weighted by Crippen LogP contribution is 2.34. The molecule has 9 heteroatoms. The first-order valence-electron chi connectivity index (χ1n) is 9.89. The molecule has 1 amide bonds. The fraction of sp³-hybridized carbons (Fsp3) is 0.174. The minimum atomic E-state index is -0.331. The molecule has 1 aliphatic heterocycles. The summed E-state index contributed by atoms with van der Waals surface area (Å²) in [7, 11) is 0. The van der Waals surface area contributed by atoms with Gasteiger partial charge in [-0.2, -0.15) is 0 Å². The number of phenols is 1. The van der Waals surface area contributed by atoms with Gasteiger partial charge in [0.15, 0.2) is 0 Å². The molecule has 32 heavy (non-hydrogen) atoms. The second-order valence-electron chi connectivity index (χ2n) is 7.52. The van der Waals surface area contributed by atoms with Crippen LogP contribution in [0.1, 0.15) is 38.9 Å². The molecule has 0 saturated heterocycles. The molecule has 3 heterocycles. The van der Waals surface area contributed by atoms with Crippen molar-refractivity contribution in [1.82, 2.24) is 19.9 Å². The van der Waals surface area contributed by atoms with Gasteiger partial charge in [-0.25, -0.2) is 9.37 Å². The van der Waals surface area contributed by atoms with Crippen molar-refractivity contribution in [2.45, 2.75) is 19.4 Å². The van der Waals surface area contributed by atoms with Crippen LogP contribution in [0.25, 0.3) is 10.9 Å². The predicted molar refractivity (Wildman–Crippen MR) is 115 cm³/mol. The third-order valence-corrected chi connectivity index (χ3v) is 5.63. The van der Waals surface area contributed by atoms with Crippen molar-refractivity contribution in [3.05, 3.63) is 82.8 Å². The topological polar surface area (TPSA) is 122 Å². The molecular weight excluding hydrogens is 415 g/mol. The van der Waals surface area contributed by atoms with E-state index in [4.69, 9.17) is 9.90 Å². The lowest BCUT2D eigenvalue weighted by Gasteiger charge is -2.32. The summed E-state index contributed by atoms with van der Waals surface area (Å²) in [4.78, 5) is 34.2. The van der Waals surface area contributed by atoms with Crippen LogP contribution in [-0.4, -0.2) is 49.0 Å². The quantitative estimate of drug-likeness (QED) is 0.358. The van der Waals surface area contributed by atoms with E-state index >= 15 is 0 Å². The third kappa shape index (κ3) is 3.80. The average molecular weight is 436 g/mol. The molecule has 164 valence electrons. The molecule has 1 atom stereocenters. The van der Waals surface area contributed by atoms with Crippen molar-refractivity contribution in [1.29, 1.82) is 0 Å². The van der Waals surface area contributed by atoms with E-state index in [0.29, 0.717) is 24.2 Å². The maximum absolute atomic E-state index is 13.6. The molecular formula is C23H21FN4O4. The maximum atomic E-state index is 13.6. The maximum Gasteiger partial charge on any atom is 0.290 e. The molecule has 2 aromatic carbocycles. The smallest absolute Gasteiger partial charge is 0.290 e. The second kappa shape index (κ2) is 8.54. The number of aromatic hydroxyl groups is 1. The third-order valence-electron chi connectivity index (χ3n) is 5.63. The lowest BCUT2D eigenvalue weighted by molar-refractivity contribution is -0.122. The number of phenolic OH excluding ortho intramolecular Hbond substituents is 1. The van der Waals surface area contributed by atoms with Crippen molar-refractivity contribution in [2.75, 3.05) is 6.54 Å². The van der Waals surface area contributed by atoms with Crippen LogP contribution in [0, 0.1) is 12.7 Å². The fourth-order valence-corrected chi connectivity index (χ4v) is 4.15. The van der Waals surface area contributed by atoms with E-state index in [-0.39, 0.29) is 29.9 Å². The molecule has 0 radical (unpaired) electrons. The van der Waals surface area contributed by atoms with Crippen molar-refractivity contribution < 1.29 is 24.2 Å². The number of carbonyl (C=O) groups is 2. The Morgan fingerprint density at radius 3 is 2.81 bits per heavy atom. The Kier molecular flexibility index (Phi) is 5.63. The Morgan fingerprint density at radius 2 is 2.06 bits per heavy atom. The van der Waals surface area contributed by atoms with Crippen molar-refractivity contribution in [2.24, 2.45) is 0 Å². The van der Waals surface area contributed by atoms with Crippen LogP contribution >= 0.6 is 0 Å². The van der Waals surface area contributed by atoms with Crippen LogP contribution in [0.15, 0.2) is 48.8 Å². The first kappa shape index (κ1) is 21.1. The molecule has 4 aromatic rings. The number of carboxylic acid groups (broad SMARTS) is 1.